The van der Waals surface area contributed by atoms with Crippen molar-refractivity contribution in [1.29, 1.82) is 0 Å². The van der Waals surface area contributed by atoms with E-state index in [1.54, 1.807) is 18.2 Å². The molecule has 2 aliphatic carbocycles. The zero-order chi connectivity index (χ0) is 36.0. The number of aromatic nitrogens is 2. The molecule has 5 aliphatic rings. The van der Waals surface area contributed by atoms with Gasteiger partial charge in [0.2, 0.25) is 0 Å². The Hall–Kier alpha value is -3.44. The van der Waals surface area contributed by atoms with Crippen molar-refractivity contribution in [2.45, 2.75) is 92.9 Å². The van der Waals surface area contributed by atoms with E-state index >= 15 is 4.39 Å². The lowest BCUT2D eigenvalue weighted by atomic mass is 9.56. The maximum absolute atomic E-state index is 15.3. The summed E-state index contributed by atoms with van der Waals surface area (Å²) in [6.07, 6.45) is 12.7. The van der Waals surface area contributed by atoms with Crippen LogP contribution in [0.25, 0.3) is 0 Å². The minimum Gasteiger partial charge on any atom is -0.453 e. The third-order valence-electron chi connectivity index (χ3n) is 13.4. The van der Waals surface area contributed by atoms with Gasteiger partial charge in [-0.3, -0.25) is 4.90 Å². The molecule has 1 aromatic heterocycles. The van der Waals surface area contributed by atoms with Crippen molar-refractivity contribution >= 4 is 21.6 Å². The van der Waals surface area contributed by atoms with E-state index in [0.29, 0.717) is 35.1 Å². The van der Waals surface area contributed by atoms with Crippen LogP contribution in [-0.2, 0) is 26.5 Å². The Morgan fingerprint density at radius 1 is 0.962 bits per heavy atom. The van der Waals surface area contributed by atoms with Gasteiger partial charge >= 0.3 is 6.09 Å². The Labute approximate surface area is 308 Å². The second-order valence-corrected chi connectivity index (χ2v) is 18.6. The molecule has 3 aliphatic heterocycles. The lowest BCUT2D eigenvalue weighted by molar-refractivity contribution is 0.0468. The molecule has 2 saturated carbocycles. The van der Waals surface area contributed by atoms with Gasteiger partial charge in [-0.15, -0.1) is 0 Å². The Balaban J connectivity index is 1.01. The SMILES string of the molecule is COC(=O)N1CCC[C@H]2CCCC2[C@](c2cccc(F)c2)(C2CCN(CC3CN(c4ccc(S(=O)(=O)C5CC5)cc4)C3)CC2)Cn2ccnc2C1C. The summed E-state index contributed by atoms with van der Waals surface area (Å²) in [6, 6.07) is 14.7. The summed E-state index contributed by atoms with van der Waals surface area (Å²) >= 11 is 0. The van der Waals surface area contributed by atoms with E-state index in [2.05, 4.69) is 26.6 Å². The molecule has 4 atom stereocenters. The molecule has 52 heavy (non-hydrogen) atoms. The van der Waals surface area contributed by atoms with E-state index in [-0.39, 0.29) is 28.6 Å². The first-order valence-electron chi connectivity index (χ1n) is 19.6. The number of methoxy groups -OCH3 is 1. The molecule has 9 nitrogen and oxygen atoms in total. The molecule has 0 spiro atoms. The first kappa shape index (κ1) is 35.6. The topological polar surface area (TPSA) is 88.0 Å². The normalized spacial score (nSPS) is 28.1. The molecular weight excluding hydrogens is 678 g/mol. The molecule has 3 aromatic rings. The van der Waals surface area contributed by atoms with Crippen LogP contribution in [0.2, 0.25) is 0 Å². The van der Waals surface area contributed by atoms with Crippen LogP contribution in [0.4, 0.5) is 14.9 Å². The van der Waals surface area contributed by atoms with Gasteiger partial charge in [0.15, 0.2) is 9.84 Å². The first-order chi connectivity index (χ1) is 25.2. The highest BCUT2D eigenvalue weighted by Gasteiger charge is 2.52. The first-order valence-corrected chi connectivity index (χ1v) is 21.1. The molecule has 2 unspecified atom stereocenters. The number of ether oxygens (including phenoxy) is 1. The van der Waals surface area contributed by atoms with E-state index < -0.39 is 9.84 Å². The fraction of sp³-hybridized carbons (Fsp3) is 0.610. The minimum absolute atomic E-state index is 0.178. The number of likely N-dealkylation sites (tertiary alicyclic amines) is 1. The lowest BCUT2D eigenvalue weighted by Crippen LogP contribution is -2.55. The maximum Gasteiger partial charge on any atom is 0.410 e. The fourth-order valence-corrected chi connectivity index (χ4v) is 12.2. The Kier molecular flexibility index (Phi) is 9.87. The molecule has 4 fully saturated rings. The number of nitrogens with zero attached hydrogens (tertiary/aromatic N) is 5. The van der Waals surface area contributed by atoms with E-state index in [0.717, 1.165) is 101 Å². The molecule has 2 aromatic carbocycles. The minimum atomic E-state index is -3.17. The Morgan fingerprint density at radius 2 is 1.71 bits per heavy atom. The average Bonchev–Trinajstić information content (AvgIpc) is 3.74. The predicted octanol–water partition coefficient (Wildman–Crippen LogP) is 7.08. The monoisotopic (exact) mass is 731 g/mol. The molecule has 0 radical (unpaired) electrons. The molecular formula is C41H54FN5O4S. The van der Waals surface area contributed by atoms with Gasteiger partial charge in [-0.25, -0.2) is 22.6 Å². The summed E-state index contributed by atoms with van der Waals surface area (Å²) in [5.41, 5.74) is 1.95. The highest BCUT2D eigenvalue weighted by molar-refractivity contribution is 7.92. The number of anilines is 1. The third-order valence-corrected chi connectivity index (χ3v) is 15.6. The number of carbonyl (C=O) groups excluding carboxylic acids is 1. The van der Waals surface area contributed by atoms with Crippen LogP contribution >= 0.6 is 0 Å². The van der Waals surface area contributed by atoms with Gasteiger partial charge in [0, 0.05) is 62.1 Å². The Morgan fingerprint density at radius 3 is 2.42 bits per heavy atom. The van der Waals surface area contributed by atoms with Gasteiger partial charge in [0.25, 0.3) is 0 Å². The average molecular weight is 732 g/mol. The predicted molar refractivity (Wildman–Crippen MR) is 199 cm³/mol. The molecule has 4 heterocycles. The third kappa shape index (κ3) is 6.65. The van der Waals surface area contributed by atoms with Crippen molar-refractivity contribution in [3.63, 3.8) is 0 Å². The molecule has 0 bridgehead atoms. The number of hydrogen-bond donors (Lipinski definition) is 0. The summed E-state index contributed by atoms with van der Waals surface area (Å²) in [5, 5.41) is -0.184. The van der Waals surface area contributed by atoms with Crippen LogP contribution in [0.3, 0.4) is 0 Å². The number of sulfone groups is 1. The van der Waals surface area contributed by atoms with Crippen LogP contribution in [0.1, 0.15) is 82.1 Å². The number of fused-ring (bicyclic) bond motifs is 2. The number of hydrogen-bond acceptors (Lipinski definition) is 7. The van der Waals surface area contributed by atoms with E-state index in [4.69, 9.17) is 9.72 Å². The van der Waals surface area contributed by atoms with Crippen molar-refractivity contribution in [3.05, 3.63) is 78.1 Å². The van der Waals surface area contributed by atoms with Crippen LogP contribution in [-0.4, -0.2) is 85.5 Å². The highest BCUT2D eigenvalue weighted by atomic mass is 32.2. The van der Waals surface area contributed by atoms with Crippen molar-refractivity contribution in [1.82, 2.24) is 19.4 Å². The summed E-state index contributed by atoms with van der Waals surface area (Å²) in [7, 11) is -1.71. The zero-order valence-electron chi connectivity index (χ0n) is 30.7. The van der Waals surface area contributed by atoms with E-state index in [9.17, 15) is 13.2 Å². The van der Waals surface area contributed by atoms with Gasteiger partial charge in [-0.2, -0.15) is 0 Å². The number of imidazole rings is 1. The second-order valence-electron chi connectivity index (χ2n) is 16.3. The number of halogens is 1. The van der Waals surface area contributed by atoms with Crippen LogP contribution in [0, 0.1) is 29.5 Å². The standard InChI is InChI=1S/C41H54FN5O4S/c1-29-39-43-19-23-45(39)28-41(33-8-4-9-34(42)24-33,38-10-3-6-31(38)7-5-20-47(29)40(48)51-2)32-17-21-44(22-18-32)25-30-26-46(27-30)35-11-13-36(14-12-35)52(49,50)37-15-16-37/h4,8-9,11-14,19,23-24,29-32,37-38H,3,5-7,10,15-18,20-22,25-28H2,1-2H3/t29?,31-,38?,41+/m1/s1. The highest BCUT2D eigenvalue weighted by Crippen LogP contribution is 2.55. The van der Waals surface area contributed by atoms with Crippen molar-refractivity contribution in [3.8, 4) is 0 Å². The largest absolute Gasteiger partial charge is 0.453 e. The van der Waals surface area contributed by atoms with Gasteiger partial charge in [-0.1, -0.05) is 25.0 Å². The Bertz CT molecular complexity index is 1830. The molecule has 8 rings (SSSR count). The maximum atomic E-state index is 15.3. The van der Waals surface area contributed by atoms with Crippen LogP contribution < -0.4 is 4.90 Å². The number of amides is 1. The summed E-state index contributed by atoms with van der Waals surface area (Å²) < 4.78 is 48.1. The summed E-state index contributed by atoms with van der Waals surface area (Å²) in [4.78, 5) is 25.1. The number of rotatable bonds is 7. The van der Waals surface area contributed by atoms with Crippen molar-refractivity contribution < 1.29 is 22.3 Å². The fourth-order valence-electron chi connectivity index (χ4n) is 10.6. The van der Waals surface area contributed by atoms with Gasteiger partial charge in [-0.05, 0) is 125 Å². The quantitative estimate of drug-likeness (QED) is 0.257. The van der Waals surface area contributed by atoms with Crippen LogP contribution in [0.5, 0.6) is 0 Å². The van der Waals surface area contributed by atoms with Crippen LogP contribution in [0.15, 0.2) is 65.8 Å². The smallest absolute Gasteiger partial charge is 0.410 e. The molecule has 2 saturated heterocycles. The van der Waals surface area contributed by atoms with E-state index in [1.807, 2.05) is 42.3 Å². The van der Waals surface area contributed by atoms with Crippen molar-refractivity contribution in [2.75, 3.05) is 51.3 Å². The number of piperidine rings is 1. The molecule has 11 heteroatoms. The van der Waals surface area contributed by atoms with Gasteiger partial charge in [0.05, 0.1) is 23.3 Å². The lowest BCUT2D eigenvalue weighted by Gasteiger charge is -2.52. The molecule has 1 amide bonds. The zero-order valence-corrected chi connectivity index (χ0v) is 31.5. The van der Waals surface area contributed by atoms with Gasteiger partial charge in [0.1, 0.15) is 11.6 Å². The summed E-state index contributed by atoms with van der Waals surface area (Å²) in [5.74, 6) is 2.55. The van der Waals surface area contributed by atoms with E-state index in [1.165, 1.54) is 20.0 Å². The molecule has 280 valence electrons. The van der Waals surface area contributed by atoms with Gasteiger partial charge < -0.3 is 19.1 Å². The number of carbonyl (C=O) groups is 1. The van der Waals surface area contributed by atoms with Crippen molar-refractivity contribution in [2.24, 2.45) is 23.7 Å². The second kappa shape index (κ2) is 14.4. The molecule has 0 N–H and O–H groups in total. The summed E-state index contributed by atoms with van der Waals surface area (Å²) in [6.45, 7) is 8.46. The number of benzene rings is 2.